The van der Waals surface area contributed by atoms with Crippen LogP contribution in [0.15, 0.2) is 40.9 Å². The molecule has 0 atom stereocenters. The third-order valence-corrected chi connectivity index (χ3v) is 3.92. The average molecular weight is 330 g/mol. The van der Waals surface area contributed by atoms with Crippen LogP contribution in [0.1, 0.15) is 11.4 Å². The van der Waals surface area contributed by atoms with Gasteiger partial charge in [-0.2, -0.15) is 4.98 Å². The summed E-state index contributed by atoms with van der Waals surface area (Å²) in [5.74, 6) is 0.675. The maximum atomic E-state index is 5.72. The number of hydrogen-bond donors (Lipinski definition) is 0. The van der Waals surface area contributed by atoms with Crippen molar-refractivity contribution in [3.05, 3.63) is 52.3 Å². The summed E-state index contributed by atoms with van der Waals surface area (Å²) in [6.45, 7) is 3.75. The average Bonchev–Trinajstić information content (AvgIpc) is 2.46. The number of rotatable bonds is 2. The highest BCUT2D eigenvalue weighted by molar-refractivity contribution is 9.10. The first kappa shape index (κ1) is 13.0. The predicted molar refractivity (Wildman–Crippen MR) is 81.0 cm³/mol. The molecule has 4 nitrogen and oxygen atoms in total. The van der Waals surface area contributed by atoms with E-state index in [0.29, 0.717) is 5.75 Å². The lowest BCUT2D eigenvalue weighted by molar-refractivity contribution is 0.428. The summed E-state index contributed by atoms with van der Waals surface area (Å²) in [5, 5.41) is 10.2. The fourth-order valence-electron chi connectivity index (χ4n) is 1.87. The number of benzene rings is 2. The van der Waals surface area contributed by atoms with Gasteiger partial charge in [-0.3, -0.25) is 0 Å². The third kappa shape index (κ3) is 2.36. The standard InChI is InChI=1S/C15H12BrN3O/c1-9-10(2)18-19-15(17-9)20-13-8-7-11-5-3-4-6-12(11)14(13)16/h3-8H,1-2H3. The van der Waals surface area contributed by atoms with Gasteiger partial charge >= 0.3 is 6.01 Å². The second kappa shape index (κ2) is 5.17. The van der Waals surface area contributed by atoms with Crippen molar-refractivity contribution in [2.75, 3.05) is 0 Å². The minimum Gasteiger partial charge on any atom is -0.422 e. The Bertz CT molecular complexity index is 789. The predicted octanol–water partition coefficient (Wildman–Crippen LogP) is 4.20. The molecule has 0 spiro atoms. The van der Waals surface area contributed by atoms with E-state index in [0.717, 1.165) is 26.6 Å². The summed E-state index contributed by atoms with van der Waals surface area (Å²) in [5.41, 5.74) is 1.61. The van der Waals surface area contributed by atoms with Gasteiger partial charge < -0.3 is 4.74 Å². The van der Waals surface area contributed by atoms with Crippen molar-refractivity contribution >= 4 is 26.7 Å². The van der Waals surface area contributed by atoms with Crippen LogP contribution in [-0.4, -0.2) is 15.2 Å². The lowest BCUT2D eigenvalue weighted by atomic mass is 10.1. The summed E-state index contributed by atoms with van der Waals surface area (Å²) in [6.07, 6.45) is 0. The molecule has 0 unspecified atom stereocenters. The number of aromatic nitrogens is 3. The first-order valence-corrected chi connectivity index (χ1v) is 6.97. The molecule has 0 saturated heterocycles. The Hall–Kier alpha value is -2.01. The van der Waals surface area contributed by atoms with E-state index in [1.54, 1.807) is 0 Å². The molecule has 5 heteroatoms. The molecule has 0 amide bonds. The minimum atomic E-state index is 0.254. The SMILES string of the molecule is Cc1nnc(Oc2ccc3ccccc3c2Br)nc1C. The van der Waals surface area contributed by atoms with E-state index in [4.69, 9.17) is 4.74 Å². The zero-order valence-corrected chi connectivity index (χ0v) is 12.7. The summed E-state index contributed by atoms with van der Waals surface area (Å²) in [4.78, 5) is 4.27. The molecule has 2 aromatic carbocycles. The normalized spacial score (nSPS) is 10.8. The van der Waals surface area contributed by atoms with Gasteiger partial charge in [0, 0.05) is 0 Å². The Morgan fingerprint density at radius 2 is 1.75 bits per heavy atom. The first-order chi connectivity index (χ1) is 9.65. The molecule has 0 bridgehead atoms. The van der Waals surface area contributed by atoms with E-state index in [1.807, 2.05) is 44.2 Å². The van der Waals surface area contributed by atoms with Crippen LogP contribution in [0.5, 0.6) is 11.8 Å². The van der Waals surface area contributed by atoms with Crippen LogP contribution < -0.4 is 4.74 Å². The highest BCUT2D eigenvalue weighted by atomic mass is 79.9. The second-order valence-corrected chi connectivity index (χ2v) is 5.26. The van der Waals surface area contributed by atoms with Gasteiger partial charge in [0.1, 0.15) is 5.75 Å². The van der Waals surface area contributed by atoms with Crippen molar-refractivity contribution in [3.63, 3.8) is 0 Å². The Labute approximate surface area is 125 Å². The van der Waals surface area contributed by atoms with E-state index < -0.39 is 0 Å². The van der Waals surface area contributed by atoms with Gasteiger partial charge in [0.2, 0.25) is 0 Å². The van der Waals surface area contributed by atoms with Crippen molar-refractivity contribution in [1.82, 2.24) is 15.2 Å². The lowest BCUT2D eigenvalue weighted by Gasteiger charge is -2.08. The smallest absolute Gasteiger partial charge is 0.341 e. The van der Waals surface area contributed by atoms with Crippen LogP contribution in [0.3, 0.4) is 0 Å². The number of nitrogens with zero attached hydrogens (tertiary/aromatic N) is 3. The van der Waals surface area contributed by atoms with Crippen molar-refractivity contribution in [2.45, 2.75) is 13.8 Å². The molecule has 3 aromatic rings. The van der Waals surface area contributed by atoms with Gasteiger partial charge in [0.25, 0.3) is 0 Å². The molecule has 20 heavy (non-hydrogen) atoms. The Morgan fingerprint density at radius 3 is 2.55 bits per heavy atom. The molecule has 0 radical (unpaired) electrons. The highest BCUT2D eigenvalue weighted by Gasteiger charge is 2.09. The van der Waals surface area contributed by atoms with E-state index >= 15 is 0 Å². The van der Waals surface area contributed by atoms with Crippen LogP contribution in [0.2, 0.25) is 0 Å². The zero-order valence-electron chi connectivity index (χ0n) is 11.1. The molecule has 3 rings (SSSR count). The summed E-state index contributed by atoms with van der Waals surface area (Å²) >= 11 is 3.57. The zero-order chi connectivity index (χ0) is 14.1. The number of hydrogen-bond acceptors (Lipinski definition) is 4. The quantitative estimate of drug-likeness (QED) is 0.707. The number of aryl methyl sites for hydroxylation is 2. The molecule has 0 fully saturated rings. The summed E-state index contributed by atoms with van der Waals surface area (Å²) in [7, 11) is 0. The van der Waals surface area contributed by atoms with Crippen LogP contribution in [0, 0.1) is 13.8 Å². The summed E-state index contributed by atoms with van der Waals surface area (Å²) in [6, 6.07) is 12.2. The molecule has 1 heterocycles. The Morgan fingerprint density at radius 1 is 0.950 bits per heavy atom. The largest absolute Gasteiger partial charge is 0.422 e. The van der Waals surface area contributed by atoms with E-state index in [-0.39, 0.29) is 6.01 Å². The van der Waals surface area contributed by atoms with Gasteiger partial charge in [0.15, 0.2) is 0 Å². The van der Waals surface area contributed by atoms with Crippen LogP contribution in [0.25, 0.3) is 10.8 Å². The number of fused-ring (bicyclic) bond motifs is 1. The first-order valence-electron chi connectivity index (χ1n) is 6.18. The molecule has 0 aliphatic rings. The fraction of sp³-hybridized carbons (Fsp3) is 0.133. The van der Waals surface area contributed by atoms with E-state index in [9.17, 15) is 0 Å². The van der Waals surface area contributed by atoms with Crippen LogP contribution in [0.4, 0.5) is 0 Å². The molecule has 0 aliphatic carbocycles. The Kier molecular flexibility index (Phi) is 3.36. The minimum absolute atomic E-state index is 0.254. The second-order valence-electron chi connectivity index (χ2n) is 4.47. The highest BCUT2D eigenvalue weighted by Crippen LogP contribution is 2.34. The molecule has 1 aromatic heterocycles. The van der Waals surface area contributed by atoms with Gasteiger partial charge in [-0.05, 0) is 46.6 Å². The number of halogens is 1. The monoisotopic (exact) mass is 329 g/mol. The van der Waals surface area contributed by atoms with E-state index in [2.05, 4.69) is 37.2 Å². The van der Waals surface area contributed by atoms with Crippen molar-refractivity contribution in [2.24, 2.45) is 0 Å². The maximum Gasteiger partial charge on any atom is 0.341 e. The topological polar surface area (TPSA) is 47.9 Å². The lowest BCUT2D eigenvalue weighted by Crippen LogP contribution is -1.99. The van der Waals surface area contributed by atoms with Crippen molar-refractivity contribution < 1.29 is 4.74 Å². The Balaban J connectivity index is 2.02. The van der Waals surface area contributed by atoms with Crippen molar-refractivity contribution in [1.29, 1.82) is 0 Å². The van der Waals surface area contributed by atoms with Gasteiger partial charge in [-0.25, -0.2) is 0 Å². The molecular weight excluding hydrogens is 318 g/mol. The molecule has 0 saturated carbocycles. The van der Waals surface area contributed by atoms with E-state index in [1.165, 1.54) is 0 Å². The van der Waals surface area contributed by atoms with Gasteiger partial charge in [-0.1, -0.05) is 35.4 Å². The van der Waals surface area contributed by atoms with Crippen LogP contribution in [-0.2, 0) is 0 Å². The third-order valence-electron chi connectivity index (χ3n) is 3.10. The van der Waals surface area contributed by atoms with Crippen molar-refractivity contribution in [3.8, 4) is 11.8 Å². The summed E-state index contributed by atoms with van der Waals surface area (Å²) < 4.78 is 6.61. The van der Waals surface area contributed by atoms with Crippen LogP contribution >= 0.6 is 15.9 Å². The van der Waals surface area contributed by atoms with Gasteiger partial charge in [-0.15, -0.1) is 5.10 Å². The number of ether oxygens (including phenoxy) is 1. The maximum absolute atomic E-state index is 5.72. The molecular formula is C15H12BrN3O. The van der Waals surface area contributed by atoms with Gasteiger partial charge in [0.05, 0.1) is 15.9 Å². The molecule has 0 aliphatic heterocycles. The molecule has 100 valence electrons. The fourth-order valence-corrected chi connectivity index (χ4v) is 2.45. The molecule has 0 N–H and O–H groups in total.